The minimum Gasteiger partial charge on any atom is -0.496 e. The molecule has 0 aromatic heterocycles. The lowest BCUT2D eigenvalue weighted by Crippen LogP contribution is -2.35. The van der Waals surface area contributed by atoms with Crippen molar-refractivity contribution in [1.82, 2.24) is 15.1 Å². The number of nitrogens with one attached hydrogen (secondary N) is 2. The van der Waals surface area contributed by atoms with Gasteiger partial charge >= 0.3 is 18.0 Å². The Morgan fingerprint density at radius 2 is 2.00 bits per heavy atom. The molecule has 0 radical (unpaired) electrons. The van der Waals surface area contributed by atoms with Crippen molar-refractivity contribution in [2.45, 2.75) is 53.6 Å². The van der Waals surface area contributed by atoms with Crippen LogP contribution in [0.25, 0.3) is 0 Å². The van der Waals surface area contributed by atoms with Crippen LogP contribution in [0, 0.1) is 6.92 Å². The highest BCUT2D eigenvalue weighted by atomic mass is 16.5. The maximum Gasteiger partial charge on any atom is 0.341 e. The van der Waals surface area contributed by atoms with Gasteiger partial charge in [0, 0.05) is 56.9 Å². The number of cyclic esters (lactones) is 1. The quantitative estimate of drug-likeness (QED) is 0.322. The number of nitrogens with zero attached hydrogens (tertiary/aromatic N) is 2. The van der Waals surface area contributed by atoms with E-state index in [-0.39, 0.29) is 18.6 Å². The van der Waals surface area contributed by atoms with Crippen LogP contribution in [0.3, 0.4) is 0 Å². The lowest BCUT2D eigenvalue weighted by atomic mass is 9.93. The van der Waals surface area contributed by atoms with E-state index in [2.05, 4.69) is 15.5 Å². The molecule has 10 heteroatoms. The molecule has 3 rings (SSSR count). The van der Waals surface area contributed by atoms with Crippen LogP contribution >= 0.6 is 0 Å². The van der Waals surface area contributed by atoms with Crippen molar-refractivity contribution in [1.29, 1.82) is 0 Å². The highest BCUT2D eigenvalue weighted by molar-refractivity contribution is 6.05. The lowest BCUT2D eigenvalue weighted by Gasteiger charge is -2.23. The van der Waals surface area contributed by atoms with Gasteiger partial charge in [-0.25, -0.2) is 9.59 Å². The van der Waals surface area contributed by atoms with Crippen molar-refractivity contribution < 1.29 is 28.6 Å². The number of esters is 2. The van der Waals surface area contributed by atoms with E-state index in [9.17, 15) is 14.4 Å². The van der Waals surface area contributed by atoms with Gasteiger partial charge in [0.15, 0.2) is 0 Å². The van der Waals surface area contributed by atoms with Crippen LogP contribution in [-0.4, -0.2) is 80.9 Å². The van der Waals surface area contributed by atoms with Gasteiger partial charge in [0.1, 0.15) is 19.0 Å². The molecule has 2 aliphatic heterocycles. The molecule has 1 aromatic carbocycles. The molecule has 204 valence electrons. The first-order valence-corrected chi connectivity index (χ1v) is 13.0. The van der Waals surface area contributed by atoms with E-state index in [4.69, 9.17) is 14.2 Å². The van der Waals surface area contributed by atoms with Crippen LogP contribution in [0.1, 0.15) is 60.7 Å². The summed E-state index contributed by atoms with van der Waals surface area (Å²) in [5.74, 6) is -0.0578. The van der Waals surface area contributed by atoms with E-state index in [1.807, 2.05) is 33.8 Å². The third kappa shape index (κ3) is 7.01. The lowest BCUT2D eigenvalue weighted by molar-refractivity contribution is -0.143. The second kappa shape index (κ2) is 13.4. The van der Waals surface area contributed by atoms with Gasteiger partial charge in [-0.15, -0.1) is 0 Å². The van der Waals surface area contributed by atoms with Crippen molar-refractivity contribution in [3.63, 3.8) is 0 Å². The topological polar surface area (TPSA) is 109 Å². The number of anilines is 1. The first kappa shape index (κ1) is 28.5. The van der Waals surface area contributed by atoms with Gasteiger partial charge in [0.2, 0.25) is 0 Å². The fourth-order valence-corrected chi connectivity index (χ4v) is 4.67. The zero-order chi connectivity index (χ0) is 26.9. The van der Waals surface area contributed by atoms with E-state index >= 15 is 0 Å². The van der Waals surface area contributed by atoms with E-state index in [0.29, 0.717) is 61.5 Å². The Morgan fingerprint density at radius 3 is 2.65 bits per heavy atom. The molecule has 0 bridgehead atoms. The van der Waals surface area contributed by atoms with Crippen molar-refractivity contribution in [3.05, 3.63) is 33.9 Å². The molecule has 37 heavy (non-hydrogen) atoms. The van der Waals surface area contributed by atoms with Crippen LogP contribution in [-0.2, 0) is 27.3 Å². The Balaban J connectivity index is 1.74. The Kier molecular flexibility index (Phi) is 10.3. The molecule has 0 unspecified atom stereocenters. The largest absolute Gasteiger partial charge is 0.496 e. The van der Waals surface area contributed by atoms with Crippen molar-refractivity contribution >= 4 is 23.7 Å². The Morgan fingerprint density at radius 1 is 1.24 bits per heavy atom. The molecule has 1 aromatic rings. The molecule has 1 saturated heterocycles. The van der Waals surface area contributed by atoms with Gasteiger partial charge < -0.3 is 29.7 Å². The molecular weight excluding hydrogens is 476 g/mol. The summed E-state index contributed by atoms with van der Waals surface area (Å²) < 4.78 is 16.4. The predicted molar refractivity (Wildman–Crippen MR) is 141 cm³/mol. The highest BCUT2D eigenvalue weighted by Crippen LogP contribution is 2.41. The summed E-state index contributed by atoms with van der Waals surface area (Å²) in [4.78, 5) is 41.7. The Bertz CT molecular complexity index is 1030. The van der Waals surface area contributed by atoms with Gasteiger partial charge in [0.25, 0.3) is 0 Å². The zero-order valence-corrected chi connectivity index (χ0v) is 22.7. The smallest absolute Gasteiger partial charge is 0.341 e. The second-order valence-electron chi connectivity index (χ2n) is 9.30. The van der Waals surface area contributed by atoms with E-state index in [0.717, 1.165) is 43.0 Å². The minimum absolute atomic E-state index is 0.149. The van der Waals surface area contributed by atoms with Gasteiger partial charge in [-0.1, -0.05) is 11.6 Å². The maximum absolute atomic E-state index is 13.0. The molecule has 2 aliphatic rings. The molecule has 0 atom stereocenters. The number of hydrogen-bond acceptors (Lipinski definition) is 8. The number of carbonyl (C=O) groups excluding carboxylic acids is 3. The van der Waals surface area contributed by atoms with E-state index < -0.39 is 5.97 Å². The molecule has 1 fully saturated rings. The van der Waals surface area contributed by atoms with Crippen LogP contribution in [0.2, 0.25) is 0 Å². The average molecular weight is 517 g/mol. The van der Waals surface area contributed by atoms with Crippen LogP contribution in [0.4, 0.5) is 10.5 Å². The number of fused-ring (bicyclic) bond motifs is 1. The monoisotopic (exact) mass is 516 g/mol. The summed E-state index contributed by atoms with van der Waals surface area (Å²) in [6.07, 6.45) is 3.26. The number of methoxy groups -OCH3 is 1. The average Bonchev–Trinajstić information content (AvgIpc) is 3.54. The third-order valence-corrected chi connectivity index (χ3v) is 6.95. The number of urea groups is 1. The summed E-state index contributed by atoms with van der Waals surface area (Å²) in [5.41, 5.74) is 4.08. The second-order valence-corrected chi connectivity index (χ2v) is 9.30. The summed E-state index contributed by atoms with van der Waals surface area (Å²) in [6, 6.07) is -0.285. The molecule has 0 aliphatic carbocycles. The first-order valence-electron chi connectivity index (χ1n) is 13.0. The summed E-state index contributed by atoms with van der Waals surface area (Å²) in [5, 5.41) is 6.21. The molecule has 0 spiro atoms. The number of allylic oxidation sites excluding steroid dienone is 2. The molecule has 0 saturated carbocycles. The number of amides is 2. The predicted octanol–water partition coefficient (Wildman–Crippen LogP) is 3.22. The molecular formula is C27H40N4O6. The van der Waals surface area contributed by atoms with E-state index in [1.54, 1.807) is 12.0 Å². The summed E-state index contributed by atoms with van der Waals surface area (Å²) in [7, 11) is 1.58. The highest BCUT2D eigenvalue weighted by Gasteiger charge is 2.33. The van der Waals surface area contributed by atoms with Crippen molar-refractivity contribution in [2.75, 3.05) is 58.4 Å². The van der Waals surface area contributed by atoms with Crippen LogP contribution in [0.5, 0.6) is 5.75 Å². The minimum atomic E-state index is -0.454. The van der Waals surface area contributed by atoms with Gasteiger partial charge in [-0.05, 0) is 46.1 Å². The fourth-order valence-electron chi connectivity index (χ4n) is 4.67. The molecule has 2 N–H and O–H groups in total. The van der Waals surface area contributed by atoms with E-state index in [1.165, 1.54) is 0 Å². The number of rotatable bonds is 12. The Labute approximate surface area is 219 Å². The maximum atomic E-state index is 13.0. The normalized spacial score (nSPS) is 15.4. The fraction of sp³-hybridized carbons (Fsp3) is 0.593. The number of benzene rings is 1. The zero-order valence-electron chi connectivity index (χ0n) is 22.7. The Hall–Kier alpha value is -3.11. The summed E-state index contributed by atoms with van der Waals surface area (Å²) in [6.45, 7) is 12.8. The summed E-state index contributed by atoms with van der Waals surface area (Å²) >= 11 is 0. The van der Waals surface area contributed by atoms with Crippen molar-refractivity contribution in [2.24, 2.45) is 0 Å². The number of hydrogen-bond donors (Lipinski definition) is 2. The van der Waals surface area contributed by atoms with Crippen molar-refractivity contribution in [3.8, 4) is 5.75 Å². The van der Waals surface area contributed by atoms with Gasteiger partial charge in [0.05, 0.1) is 18.4 Å². The van der Waals surface area contributed by atoms with Crippen LogP contribution < -0.4 is 15.4 Å². The number of ether oxygens (including phenoxy) is 3. The van der Waals surface area contributed by atoms with Crippen LogP contribution in [0.15, 0.2) is 11.6 Å². The van der Waals surface area contributed by atoms with Gasteiger partial charge in [-0.3, -0.25) is 9.69 Å². The standard InChI is InChI=1S/C27H40N4O6/c1-6-31(7-2)27(34)29-24-20(25(35-5)19(4)21-16-37-26(33)23(21)24)10-8-18(3)9-11-22(32)36-15-14-30-13-12-28-17-30/h8,28H,6-7,9-17H2,1-5H3,(H,29,34). The number of carbonyl (C=O) groups is 3. The third-order valence-electron chi connectivity index (χ3n) is 6.95. The SMILES string of the molecule is CCN(CC)C(=O)Nc1c(CC=C(C)CCC(=O)OCCN2CCNC2)c(OC)c(C)c2c1C(=O)OC2. The molecule has 2 heterocycles. The molecule has 2 amide bonds. The first-order chi connectivity index (χ1) is 17.8. The van der Waals surface area contributed by atoms with Gasteiger partial charge in [-0.2, -0.15) is 0 Å². The molecule has 10 nitrogen and oxygen atoms in total.